The number of aliphatic hydroxyl groups is 1. The summed E-state index contributed by atoms with van der Waals surface area (Å²) in [7, 11) is 0. The molecule has 3 aromatic carbocycles. The third kappa shape index (κ3) is 9.17. The lowest BCUT2D eigenvalue weighted by Gasteiger charge is -2.36. The average Bonchev–Trinajstić information content (AvgIpc) is 3.60. The molecule has 41 heavy (non-hydrogen) atoms. The first-order chi connectivity index (χ1) is 19.5. The second kappa shape index (κ2) is 17.6. The van der Waals surface area contributed by atoms with E-state index in [0.29, 0.717) is 19.6 Å². The summed E-state index contributed by atoms with van der Waals surface area (Å²) in [5, 5.41) is 11.3. The number of halogens is 1. The van der Waals surface area contributed by atoms with Crippen LogP contribution < -0.4 is 5.32 Å². The van der Waals surface area contributed by atoms with Crippen LogP contribution in [-0.2, 0) is 19.8 Å². The molecule has 0 radical (unpaired) electrons. The molecule has 2 saturated heterocycles. The molecule has 9 heteroatoms. The van der Waals surface area contributed by atoms with E-state index >= 15 is 0 Å². The van der Waals surface area contributed by atoms with Crippen molar-refractivity contribution >= 4 is 34.8 Å². The highest BCUT2D eigenvalue weighted by molar-refractivity contribution is 14.1. The molecular formula is C32H41IN2O6. The van der Waals surface area contributed by atoms with E-state index in [1.54, 1.807) is 4.90 Å². The number of alkyl halides is 1. The van der Waals surface area contributed by atoms with Gasteiger partial charge in [-0.15, -0.1) is 0 Å². The first kappa shape index (κ1) is 34.1. The first-order valence-electron chi connectivity index (χ1n) is 13.4. The largest absolute Gasteiger partial charge is 0.442 e. The predicted octanol–water partition coefficient (Wildman–Crippen LogP) is 6.00. The summed E-state index contributed by atoms with van der Waals surface area (Å²) in [4.78, 5) is 23.7. The van der Waals surface area contributed by atoms with Gasteiger partial charge in [-0.3, -0.25) is 0 Å². The molecule has 0 saturated carbocycles. The summed E-state index contributed by atoms with van der Waals surface area (Å²) in [5.74, 6) is 0. The highest BCUT2D eigenvalue weighted by Crippen LogP contribution is 2.40. The Kier molecular flexibility index (Phi) is 14.6. The standard InChI is InChI=1S/C23H21NO3.C6H11NO3.C2H5I.CH4/c25-22-24-16-21(27-22)17-26-23(18-10-4-1-5-11-18,19-12-6-2-7-13-19)20-14-8-3-9-15-20;1-2-7-3-5(4-8)10-6(7)9;1-2-3;/h1-15,21H,16-17H2,(H,24,25);5,8H,2-4H2,1H3;2H2,1H3;1H4/t21-;5-;;/m00../s1. The Hall–Kier alpha value is -3.15. The molecule has 2 aliphatic heterocycles. The fourth-order valence-electron chi connectivity index (χ4n) is 4.44. The van der Waals surface area contributed by atoms with Gasteiger partial charge in [0.2, 0.25) is 0 Å². The van der Waals surface area contributed by atoms with Gasteiger partial charge in [0.1, 0.15) is 17.8 Å². The highest BCUT2D eigenvalue weighted by Gasteiger charge is 2.39. The topological polar surface area (TPSA) is 97.3 Å². The van der Waals surface area contributed by atoms with Gasteiger partial charge in [-0.25, -0.2) is 9.59 Å². The molecule has 2 aliphatic rings. The third-order valence-electron chi connectivity index (χ3n) is 6.31. The van der Waals surface area contributed by atoms with Crippen LogP contribution in [0.25, 0.3) is 0 Å². The Bertz CT molecular complexity index is 1070. The van der Waals surface area contributed by atoms with Crippen molar-refractivity contribution in [3.63, 3.8) is 0 Å². The minimum atomic E-state index is -0.793. The number of carbonyl (C=O) groups excluding carboxylic acids is 2. The van der Waals surface area contributed by atoms with E-state index in [4.69, 9.17) is 19.3 Å². The molecule has 2 atom stereocenters. The zero-order chi connectivity index (χ0) is 28.8. The van der Waals surface area contributed by atoms with Crippen molar-refractivity contribution in [3.8, 4) is 0 Å². The SMILES string of the molecule is C.CCI.CCN1C[C@@H](CO)OC1=O.O=C1NC[C@@H](COC(c2ccccc2)(c2ccccc2)c2ccccc2)O1. The Balaban J connectivity index is 0.000000353. The molecule has 222 valence electrons. The van der Waals surface area contributed by atoms with E-state index in [0.717, 1.165) is 16.7 Å². The first-order valence-corrected chi connectivity index (χ1v) is 14.9. The molecule has 0 bridgehead atoms. The number of hydrogen-bond donors (Lipinski definition) is 2. The molecular weight excluding hydrogens is 635 g/mol. The zero-order valence-electron chi connectivity index (χ0n) is 22.9. The molecule has 2 heterocycles. The molecule has 2 amide bonds. The smallest absolute Gasteiger partial charge is 0.410 e. The number of rotatable bonds is 8. The fourth-order valence-corrected chi connectivity index (χ4v) is 4.44. The predicted molar refractivity (Wildman–Crippen MR) is 169 cm³/mol. The second-order valence-corrected chi connectivity index (χ2v) is 10.5. The van der Waals surface area contributed by atoms with Crippen LogP contribution in [0.5, 0.6) is 0 Å². The molecule has 0 spiro atoms. The van der Waals surface area contributed by atoms with Gasteiger partial charge in [0.25, 0.3) is 0 Å². The molecule has 0 aliphatic carbocycles. The summed E-state index contributed by atoms with van der Waals surface area (Å²) in [6, 6.07) is 30.5. The Labute approximate surface area is 257 Å². The van der Waals surface area contributed by atoms with Crippen molar-refractivity contribution in [1.29, 1.82) is 0 Å². The van der Waals surface area contributed by atoms with Crippen LogP contribution in [0.4, 0.5) is 9.59 Å². The number of amides is 2. The maximum Gasteiger partial charge on any atom is 0.410 e. The van der Waals surface area contributed by atoms with Crippen molar-refractivity contribution in [2.24, 2.45) is 0 Å². The monoisotopic (exact) mass is 676 g/mol. The van der Waals surface area contributed by atoms with Crippen molar-refractivity contribution < 1.29 is 28.9 Å². The van der Waals surface area contributed by atoms with Crippen LogP contribution in [0.3, 0.4) is 0 Å². The van der Waals surface area contributed by atoms with E-state index in [9.17, 15) is 9.59 Å². The lowest BCUT2D eigenvalue weighted by Crippen LogP contribution is -2.36. The minimum absolute atomic E-state index is 0. The van der Waals surface area contributed by atoms with Gasteiger partial charge in [0.15, 0.2) is 0 Å². The quantitative estimate of drug-likeness (QED) is 0.173. The number of ether oxygens (including phenoxy) is 3. The number of alkyl carbamates (subject to hydrolysis) is 1. The molecule has 3 aromatic rings. The van der Waals surface area contributed by atoms with Crippen molar-refractivity contribution in [3.05, 3.63) is 108 Å². The maximum atomic E-state index is 11.4. The van der Waals surface area contributed by atoms with Gasteiger partial charge in [0, 0.05) is 6.54 Å². The van der Waals surface area contributed by atoms with Crippen LogP contribution in [-0.4, -0.2) is 71.7 Å². The molecule has 2 N–H and O–H groups in total. The summed E-state index contributed by atoms with van der Waals surface area (Å²) < 4.78 is 17.9. The lowest BCUT2D eigenvalue weighted by atomic mass is 9.80. The number of cyclic esters (lactones) is 2. The number of benzene rings is 3. The number of likely N-dealkylation sites (N-methyl/N-ethyl adjacent to an activating group) is 1. The van der Waals surface area contributed by atoms with Gasteiger partial charge in [-0.2, -0.15) is 0 Å². The van der Waals surface area contributed by atoms with Gasteiger partial charge < -0.3 is 29.5 Å². The Morgan fingerprint density at radius 3 is 1.66 bits per heavy atom. The number of hydrogen-bond acceptors (Lipinski definition) is 6. The molecule has 8 nitrogen and oxygen atoms in total. The second-order valence-electron chi connectivity index (χ2n) is 8.99. The Morgan fingerprint density at radius 2 is 1.34 bits per heavy atom. The molecule has 5 rings (SSSR count). The van der Waals surface area contributed by atoms with E-state index in [-0.39, 0.29) is 38.9 Å². The van der Waals surface area contributed by atoms with E-state index < -0.39 is 11.7 Å². The third-order valence-corrected chi connectivity index (χ3v) is 6.31. The normalized spacial score (nSPS) is 17.5. The number of nitrogens with zero attached hydrogens (tertiary/aromatic N) is 1. The van der Waals surface area contributed by atoms with Crippen LogP contribution in [0, 0.1) is 0 Å². The molecule has 0 aromatic heterocycles. The van der Waals surface area contributed by atoms with Crippen LogP contribution in [0.15, 0.2) is 91.0 Å². The Morgan fingerprint density at radius 1 is 0.878 bits per heavy atom. The number of aliphatic hydroxyl groups excluding tert-OH is 1. The number of nitrogens with one attached hydrogen (secondary N) is 1. The van der Waals surface area contributed by atoms with Crippen molar-refractivity contribution in [2.75, 3.05) is 37.3 Å². The van der Waals surface area contributed by atoms with E-state index in [1.807, 2.05) is 61.5 Å². The van der Waals surface area contributed by atoms with Crippen molar-refractivity contribution in [2.45, 2.75) is 39.1 Å². The van der Waals surface area contributed by atoms with Crippen molar-refractivity contribution in [1.82, 2.24) is 10.2 Å². The van der Waals surface area contributed by atoms with Gasteiger partial charge >= 0.3 is 12.2 Å². The summed E-state index contributed by atoms with van der Waals surface area (Å²) in [5.41, 5.74) is 2.29. The highest BCUT2D eigenvalue weighted by atomic mass is 127. The fraction of sp³-hybridized carbons (Fsp3) is 0.375. The maximum absolute atomic E-state index is 11.4. The van der Waals surface area contributed by atoms with E-state index in [1.165, 1.54) is 4.43 Å². The van der Waals surface area contributed by atoms with Crippen LogP contribution >= 0.6 is 22.6 Å². The van der Waals surface area contributed by atoms with Gasteiger partial charge in [-0.05, 0) is 28.0 Å². The van der Waals surface area contributed by atoms with Crippen LogP contribution in [0.1, 0.15) is 38.0 Å². The van der Waals surface area contributed by atoms with E-state index in [2.05, 4.69) is 71.2 Å². The lowest BCUT2D eigenvalue weighted by molar-refractivity contribution is -0.0296. The van der Waals surface area contributed by atoms with Gasteiger partial charge in [0.05, 0.1) is 26.3 Å². The minimum Gasteiger partial charge on any atom is -0.442 e. The summed E-state index contributed by atoms with van der Waals surface area (Å²) in [6.07, 6.45) is -1.34. The average molecular weight is 677 g/mol. The molecule has 2 fully saturated rings. The number of carbonyl (C=O) groups is 2. The zero-order valence-corrected chi connectivity index (χ0v) is 25.0. The summed E-state index contributed by atoms with van der Waals surface area (Å²) in [6.45, 7) is 5.82. The summed E-state index contributed by atoms with van der Waals surface area (Å²) >= 11 is 2.29. The van der Waals surface area contributed by atoms with Gasteiger partial charge in [-0.1, -0.05) is 128 Å². The van der Waals surface area contributed by atoms with Crippen LogP contribution in [0.2, 0.25) is 0 Å². The molecule has 0 unspecified atom stereocenters.